The summed E-state index contributed by atoms with van der Waals surface area (Å²) in [6.07, 6.45) is 1.34. The molecule has 0 bridgehead atoms. The third kappa shape index (κ3) is 2.57. The third-order valence-corrected chi connectivity index (χ3v) is 2.78. The van der Waals surface area contributed by atoms with Gasteiger partial charge >= 0.3 is 5.97 Å². The molecular formula is C11H13N3O4. The lowest BCUT2D eigenvalue weighted by molar-refractivity contribution is -0.141. The van der Waals surface area contributed by atoms with Crippen LogP contribution < -0.4 is 11.1 Å². The molecule has 0 aliphatic carbocycles. The summed E-state index contributed by atoms with van der Waals surface area (Å²) < 4.78 is 5.12. The molecule has 18 heavy (non-hydrogen) atoms. The molecule has 96 valence electrons. The minimum Gasteiger partial charge on any atom is -0.481 e. The fraction of sp³-hybridized carbons (Fsp3) is 0.364. The molecule has 2 unspecified atom stereocenters. The molecule has 2 heterocycles. The van der Waals surface area contributed by atoms with Crippen molar-refractivity contribution in [3.63, 3.8) is 0 Å². The molecule has 0 radical (unpaired) electrons. The van der Waals surface area contributed by atoms with Gasteiger partial charge in [-0.3, -0.25) is 9.59 Å². The Morgan fingerprint density at radius 1 is 1.44 bits per heavy atom. The number of nitrogens with one attached hydrogen (secondary N) is 1. The van der Waals surface area contributed by atoms with Gasteiger partial charge in [-0.2, -0.15) is 0 Å². The maximum Gasteiger partial charge on any atom is 0.311 e. The van der Waals surface area contributed by atoms with Crippen molar-refractivity contribution in [3.05, 3.63) is 23.9 Å². The first-order valence-corrected chi connectivity index (χ1v) is 5.41. The largest absolute Gasteiger partial charge is 0.481 e. The van der Waals surface area contributed by atoms with Crippen LogP contribution in [0.1, 0.15) is 10.4 Å². The number of hydrogen-bond donors (Lipinski definition) is 3. The van der Waals surface area contributed by atoms with Crippen molar-refractivity contribution >= 4 is 17.7 Å². The summed E-state index contributed by atoms with van der Waals surface area (Å²) in [5, 5.41) is 11.9. The van der Waals surface area contributed by atoms with Crippen molar-refractivity contribution in [2.75, 3.05) is 18.5 Å². The molecule has 2 atom stereocenters. The van der Waals surface area contributed by atoms with E-state index in [1.807, 2.05) is 0 Å². The predicted octanol–water partition coefficient (Wildman–Crippen LogP) is -0.308. The van der Waals surface area contributed by atoms with Crippen LogP contribution >= 0.6 is 0 Å². The first-order valence-electron chi connectivity index (χ1n) is 5.41. The molecular weight excluding hydrogens is 238 g/mol. The summed E-state index contributed by atoms with van der Waals surface area (Å²) >= 11 is 0. The molecule has 7 nitrogen and oxygen atoms in total. The van der Waals surface area contributed by atoms with Gasteiger partial charge in [-0.1, -0.05) is 0 Å². The summed E-state index contributed by atoms with van der Waals surface area (Å²) in [6.45, 7) is 0.503. The van der Waals surface area contributed by atoms with E-state index < -0.39 is 17.8 Å². The van der Waals surface area contributed by atoms with Crippen LogP contribution in [0.25, 0.3) is 0 Å². The van der Waals surface area contributed by atoms with Gasteiger partial charge in [0.1, 0.15) is 11.7 Å². The minimum absolute atomic E-state index is 0.187. The number of ether oxygens (including phenoxy) is 1. The maximum absolute atomic E-state index is 10.9. The van der Waals surface area contributed by atoms with Crippen molar-refractivity contribution in [2.24, 2.45) is 11.7 Å². The number of aliphatic carboxylic acids is 1. The maximum atomic E-state index is 10.9. The fourth-order valence-corrected chi connectivity index (χ4v) is 1.75. The highest BCUT2D eigenvalue weighted by Gasteiger charge is 2.34. The Morgan fingerprint density at radius 3 is 2.78 bits per heavy atom. The van der Waals surface area contributed by atoms with Crippen molar-refractivity contribution in [2.45, 2.75) is 6.04 Å². The van der Waals surface area contributed by atoms with Crippen LogP contribution in [0.5, 0.6) is 0 Å². The first kappa shape index (κ1) is 12.3. The molecule has 1 amide bonds. The number of carbonyl (C=O) groups excluding carboxylic acids is 1. The molecule has 0 aromatic carbocycles. The van der Waals surface area contributed by atoms with Crippen molar-refractivity contribution in [1.29, 1.82) is 0 Å². The number of anilines is 1. The average molecular weight is 251 g/mol. The van der Waals surface area contributed by atoms with Crippen molar-refractivity contribution in [3.8, 4) is 0 Å². The molecule has 1 aromatic rings. The van der Waals surface area contributed by atoms with Gasteiger partial charge in [0.15, 0.2) is 0 Å². The summed E-state index contributed by atoms with van der Waals surface area (Å²) in [6, 6.07) is 2.79. The van der Waals surface area contributed by atoms with Gasteiger partial charge < -0.3 is 20.9 Å². The van der Waals surface area contributed by atoms with Crippen molar-refractivity contribution < 1.29 is 19.4 Å². The molecule has 1 fully saturated rings. The molecule has 2 rings (SSSR count). The molecule has 0 saturated carbocycles. The number of aromatic nitrogens is 1. The Labute approximate surface area is 103 Å². The summed E-state index contributed by atoms with van der Waals surface area (Å²) in [7, 11) is 0. The second-order valence-electron chi connectivity index (χ2n) is 4.03. The topological polar surface area (TPSA) is 115 Å². The van der Waals surface area contributed by atoms with Crippen LogP contribution in [0, 0.1) is 5.92 Å². The molecule has 1 aliphatic heterocycles. The number of primary amides is 1. The zero-order chi connectivity index (χ0) is 13.1. The van der Waals surface area contributed by atoms with E-state index in [1.54, 1.807) is 6.07 Å². The number of amides is 1. The summed E-state index contributed by atoms with van der Waals surface area (Å²) in [5.74, 6) is -1.57. The van der Waals surface area contributed by atoms with Crippen LogP contribution in [0.4, 0.5) is 5.82 Å². The number of carbonyl (C=O) groups is 2. The van der Waals surface area contributed by atoms with E-state index in [4.69, 9.17) is 15.6 Å². The number of nitrogens with two attached hydrogens (primary N) is 1. The van der Waals surface area contributed by atoms with Gasteiger partial charge in [-0.15, -0.1) is 0 Å². The Hall–Kier alpha value is -2.15. The van der Waals surface area contributed by atoms with Crippen LogP contribution in [-0.2, 0) is 9.53 Å². The van der Waals surface area contributed by atoms with E-state index in [-0.39, 0.29) is 12.6 Å². The highest BCUT2D eigenvalue weighted by Crippen LogP contribution is 2.18. The summed E-state index contributed by atoms with van der Waals surface area (Å²) in [5.41, 5.74) is 5.40. The van der Waals surface area contributed by atoms with Crippen LogP contribution in [-0.4, -0.2) is 41.2 Å². The highest BCUT2D eigenvalue weighted by molar-refractivity contribution is 5.92. The van der Waals surface area contributed by atoms with Crippen LogP contribution in [0.3, 0.4) is 0 Å². The molecule has 1 aromatic heterocycles. The van der Waals surface area contributed by atoms with Gasteiger partial charge in [0.2, 0.25) is 5.91 Å². The number of carboxylic acid groups (broad SMARTS) is 1. The monoisotopic (exact) mass is 251 g/mol. The zero-order valence-corrected chi connectivity index (χ0v) is 9.50. The average Bonchev–Trinajstić information content (AvgIpc) is 2.78. The van der Waals surface area contributed by atoms with E-state index in [0.717, 1.165) is 0 Å². The summed E-state index contributed by atoms with van der Waals surface area (Å²) in [4.78, 5) is 25.8. The van der Waals surface area contributed by atoms with Gasteiger partial charge in [0.05, 0.1) is 24.8 Å². The lowest BCUT2D eigenvalue weighted by Gasteiger charge is -2.16. The van der Waals surface area contributed by atoms with E-state index in [0.29, 0.717) is 18.0 Å². The third-order valence-electron chi connectivity index (χ3n) is 2.78. The van der Waals surface area contributed by atoms with Gasteiger partial charge in [-0.25, -0.2) is 4.98 Å². The predicted molar refractivity (Wildman–Crippen MR) is 62.1 cm³/mol. The Bertz CT molecular complexity index is 460. The number of nitrogens with zero attached hydrogens (tertiary/aromatic N) is 1. The number of hydrogen-bond acceptors (Lipinski definition) is 5. The first-order chi connectivity index (χ1) is 8.58. The molecule has 0 spiro atoms. The second-order valence-corrected chi connectivity index (χ2v) is 4.03. The number of rotatable bonds is 4. The fourth-order valence-electron chi connectivity index (χ4n) is 1.75. The lowest BCUT2D eigenvalue weighted by atomic mass is 10.0. The Balaban J connectivity index is 2.05. The van der Waals surface area contributed by atoms with E-state index >= 15 is 0 Å². The second kappa shape index (κ2) is 5.01. The standard InChI is InChI=1S/C11H13N3O4/c12-10(15)6-1-2-9(13-3-6)14-8-5-18-4-7(8)11(16)17/h1-3,7-8H,4-5H2,(H2,12,15)(H,13,14)(H,16,17). The smallest absolute Gasteiger partial charge is 0.311 e. The normalized spacial score (nSPS) is 22.7. The molecule has 1 aliphatic rings. The lowest BCUT2D eigenvalue weighted by Crippen LogP contribution is -2.33. The Kier molecular flexibility index (Phi) is 3.42. The van der Waals surface area contributed by atoms with Crippen LogP contribution in [0.15, 0.2) is 18.3 Å². The minimum atomic E-state index is -0.904. The van der Waals surface area contributed by atoms with Crippen molar-refractivity contribution in [1.82, 2.24) is 4.98 Å². The molecule has 4 N–H and O–H groups in total. The van der Waals surface area contributed by atoms with Gasteiger partial charge in [-0.05, 0) is 12.1 Å². The van der Waals surface area contributed by atoms with E-state index in [2.05, 4.69) is 10.3 Å². The number of carboxylic acids is 1. The zero-order valence-electron chi connectivity index (χ0n) is 9.50. The number of pyridine rings is 1. The van der Waals surface area contributed by atoms with E-state index in [1.165, 1.54) is 12.3 Å². The van der Waals surface area contributed by atoms with E-state index in [9.17, 15) is 9.59 Å². The molecule has 7 heteroatoms. The van der Waals surface area contributed by atoms with Gasteiger partial charge in [0.25, 0.3) is 0 Å². The van der Waals surface area contributed by atoms with Gasteiger partial charge in [0, 0.05) is 6.20 Å². The quantitative estimate of drug-likeness (QED) is 0.676. The SMILES string of the molecule is NC(=O)c1ccc(NC2COCC2C(=O)O)nc1. The Morgan fingerprint density at radius 2 is 2.22 bits per heavy atom. The van der Waals surface area contributed by atoms with Crippen LogP contribution in [0.2, 0.25) is 0 Å². The molecule has 1 saturated heterocycles. The highest BCUT2D eigenvalue weighted by atomic mass is 16.5.